The molecule has 0 fully saturated rings. The van der Waals surface area contributed by atoms with Crippen molar-refractivity contribution in [2.45, 2.75) is 12.8 Å². The fraction of sp³-hybridized carbons (Fsp3) is 0.0357. The number of anilines is 3. The van der Waals surface area contributed by atoms with Crippen LogP contribution in [0.3, 0.4) is 0 Å². The van der Waals surface area contributed by atoms with Crippen molar-refractivity contribution < 1.29 is 0 Å². The fourth-order valence-corrected chi connectivity index (χ4v) is 9.18. The highest BCUT2D eigenvalue weighted by molar-refractivity contribution is 5.93. The molecule has 1 nitrogen and oxygen atoms in total. The van der Waals surface area contributed by atoms with E-state index in [9.17, 15) is 0 Å². The summed E-state index contributed by atoms with van der Waals surface area (Å²) in [4.78, 5) is 2.38. The van der Waals surface area contributed by atoms with Gasteiger partial charge in [-0.15, -0.1) is 0 Å². The smallest absolute Gasteiger partial charge is 0.0462 e. The molecule has 0 saturated carbocycles. The molecule has 0 bridgehead atoms. The SMILES string of the molecule is c1ccc(-c2ccc(-c3ccc(N(c4ccc(-c5cccc6c5-c5ccccc5C6)cc4)c4ccc(-c5cccc6c5-c5ccccc5C6)cc4)cc3)cc2)cc1. The Morgan fingerprint density at radius 1 is 0.228 bits per heavy atom. The van der Waals surface area contributed by atoms with Gasteiger partial charge in [0.25, 0.3) is 0 Å². The highest BCUT2D eigenvalue weighted by Gasteiger charge is 2.23. The van der Waals surface area contributed by atoms with Gasteiger partial charge in [-0.3, -0.25) is 0 Å². The lowest BCUT2D eigenvalue weighted by Crippen LogP contribution is -2.09. The first kappa shape index (κ1) is 33.1. The van der Waals surface area contributed by atoms with E-state index in [1.54, 1.807) is 0 Å². The molecule has 0 amide bonds. The van der Waals surface area contributed by atoms with Gasteiger partial charge in [0.1, 0.15) is 0 Å². The summed E-state index contributed by atoms with van der Waals surface area (Å²) in [7, 11) is 0. The second-order valence-electron chi connectivity index (χ2n) is 15.3. The predicted molar refractivity (Wildman–Crippen MR) is 239 cm³/mol. The van der Waals surface area contributed by atoms with Crippen molar-refractivity contribution in [3.63, 3.8) is 0 Å². The molecule has 0 saturated heterocycles. The number of benzene rings is 9. The van der Waals surface area contributed by atoms with E-state index in [4.69, 9.17) is 0 Å². The van der Waals surface area contributed by atoms with Gasteiger partial charge in [-0.25, -0.2) is 0 Å². The van der Waals surface area contributed by atoms with Crippen LogP contribution in [0.4, 0.5) is 17.1 Å². The quantitative estimate of drug-likeness (QED) is 0.158. The zero-order valence-electron chi connectivity index (χ0n) is 31.6. The van der Waals surface area contributed by atoms with E-state index in [0.29, 0.717) is 0 Å². The summed E-state index contributed by atoms with van der Waals surface area (Å²) in [6.07, 6.45) is 1.99. The van der Waals surface area contributed by atoms with Crippen molar-refractivity contribution in [2.75, 3.05) is 4.90 Å². The van der Waals surface area contributed by atoms with E-state index in [0.717, 1.165) is 29.9 Å². The van der Waals surface area contributed by atoms with E-state index < -0.39 is 0 Å². The van der Waals surface area contributed by atoms with Crippen molar-refractivity contribution in [3.05, 3.63) is 235 Å². The zero-order chi connectivity index (χ0) is 37.7. The van der Waals surface area contributed by atoms with Crippen LogP contribution in [0.1, 0.15) is 22.3 Å². The van der Waals surface area contributed by atoms with Gasteiger partial charge in [0.15, 0.2) is 0 Å². The third-order valence-electron chi connectivity index (χ3n) is 12.0. The van der Waals surface area contributed by atoms with E-state index in [2.05, 4.69) is 217 Å². The largest absolute Gasteiger partial charge is 0.311 e. The summed E-state index contributed by atoms with van der Waals surface area (Å²) in [6, 6.07) is 78.0. The molecule has 1 heteroatoms. The maximum absolute atomic E-state index is 2.38. The van der Waals surface area contributed by atoms with Crippen LogP contribution in [-0.2, 0) is 12.8 Å². The van der Waals surface area contributed by atoms with Crippen LogP contribution in [-0.4, -0.2) is 0 Å². The maximum atomic E-state index is 2.38. The molecule has 0 spiro atoms. The third kappa shape index (κ3) is 5.88. The second-order valence-corrected chi connectivity index (χ2v) is 15.3. The number of fused-ring (bicyclic) bond motifs is 6. The van der Waals surface area contributed by atoms with E-state index in [1.165, 1.54) is 89.0 Å². The maximum Gasteiger partial charge on any atom is 0.0462 e. The van der Waals surface area contributed by atoms with Crippen molar-refractivity contribution >= 4 is 17.1 Å². The van der Waals surface area contributed by atoms with E-state index in [1.807, 2.05) is 0 Å². The lowest BCUT2D eigenvalue weighted by Gasteiger charge is -2.26. The Bertz CT molecular complexity index is 2760. The highest BCUT2D eigenvalue weighted by Crippen LogP contribution is 2.46. The Hall–Kier alpha value is -7.22. The summed E-state index contributed by atoms with van der Waals surface area (Å²) < 4.78 is 0. The lowest BCUT2D eigenvalue weighted by atomic mass is 9.93. The molecule has 2 aliphatic rings. The molecule has 0 aromatic heterocycles. The molecule has 9 aromatic rings. The molecule has 0 radical (unpaired) electrons. The van der Waals surface area contributed by atoms with Crippen LogP contribution in [0, 0.1) is 0 Å². The highest BCUT2D eigenvalue weighted by atomic mass is 15.1. The minimum absolute atomic E-state index is 0.993. The monoisotopic (exact) mass is 725 g/mol. The lowest BCUT2D eigenvalue weighted by molar-refractivity contribution is 1.26. The Kier molecular flexibility index (Phi) is 8.03. The van der Waals surface area contributed by atoms with Gasteiger partial charge in [0.05, 0.1) is 0 Å². The normalized spacial score (nSPS) is 12.1. The Balaban J connectivity index is 0.963. The summed E-state index contributed by atoms with van der Waals surface area (Å²) in [5.41, 5.74) is 24.3. The summed E-state index contributed by atoms with van der Waals surface area (Å²) in [5.74, 6) is 0. The van der Waals surface area contributed by atoms with Crippen LogP contribution in [0.15, 0.2) is 212 Å². The molecule has 0 aliphatic heterocycles. The predicted octanol–water partition coefficient (Wildman–Crippen LogP) is 15.0. The van der Waals surface area contributed by atoms with Crippen LogP contribution < -0.4 is 4.90 Å². The number of rotatable bonds is 7. The third-order valence-corrected chi connectivity index (χ3v) is 12.0. The van der Waals surface area contributed by atoms with Crippen LogP contribution in [0.25, 0.3) is 66.8 Å². The molecular weight excluding hydrogens is 687 g/mol. The first-order chi connectivity index (χ1) is 28.2. The first-order valence-electron chi connectivity index (χ1n) is 19.9. The molecule has 0 atom stereocenters. The number of nitrogens with zero attached hydrogens (tertiary/aromatic N) is 1. The molecule has 0 unspecified atom stereocenters. The Labute approximate surface area is 334 Å². The first-order valence-corrected chi connectivity index (χ1v) is 19.9. The van der Waals surface area contributed by atoms with Gasteiger partial charge >= 0.3 is 0 Å². The summed E-state index contributed by atoms with van der Waals surface area (Å²) >= 11 is 0. The minimum atomic E-state index is 0.993. The molecular formula is C56H39N. The van der Waals surface area contributed by atoms with Gasteiger partial charge < -0.3 is 4.90 Å². The van der Waals surface area contributed by atoms with Gasteiger partial charge in [0.2, 0.25) is 0 Å². The topological polar surface area (TPSA) is 3.24 Å². The molecule has 57 heavy (non-hydrogen) atoms. The van der Waals surface area contributed by atoms with E-state index >= 15 is 0 Å². The molecule has 268 valence electrons. The van der Waals surface area contributed by atoms with Crippen LogP contribution in [0.2, 0.25) is 0 Å². The number of hydrogen-bond acceptors (Lipinski definition) is 1. The van der Waals surface area contributed by atoms with Gasteiger partial charge in [0, 0.05) is 17.1 Å². The molecule has 0 heterocycles. The molecule has 9 aromatic carbocycles. The molecule has 11 rings (SSSR count). The van der Waals surface area contributed by atoms with Crippen LogP contribution >= 0.6 is 0 Å². The zero-order valence-corrected chi connectivity index (χ0v) is 31.6. The van der Waals surface area contributed by atoms with Gasteiger partial charge in [-0.05, 0) is 138 Å². The van der Waals surface area contributed by atoms with Crippen LogP contribution in [0.5, 0.6) is 0 Å². The van der Waals surface area contributed by atoms with Gasteiger partial charge in [-0.1, -0.05) is 176 Å². The van der Waals surface area contributed by atoms with Crippen molar-refractivity contribution in [1.29, 1.82) is 0 Å². The minimum Gasteiger partial charge on any atom is -0.311 e. The van der Waals surface area contributed by atoms with E-state index in [-0.39, 0.29) is 0 Å². The Morgan fingerprint density at radius 2 is 0.544 bits per heavy atom. The average Bonchev–Trinajstić information content (AvgIpc) is 3.87. The standard InChI is InChI=1S/C56H39N/c1-2-10-38(11-3-1)39-20-22-40(23-21-39)41-24-30-48(31-25-41)57(49-32-26-42(27-33-49)51-18-8-14-46-36-44-12-4-6-16-53(44)55(46)51)50-34-28-43(29-35-50)52-19-9-15-47-37-45-13-5-7-17-54(45)56(47)52/h1-35H,36-37H2. The number of hydrogen-bond donors (Lipinski definition) is 0. The average molecular weight is 726 g/mol. The fourth-order valence-electron chi connectivity index (χ4n) is 9.18. The van der Waals surface area contributed by atoms with Crippen molar-refractivity contribution in [2.24, 2.45) is 0 Å². The molecule has 0 N–H and O–H groups in total. The van der Waals surface area contributed by atoms with Crippen molar-refractivity contribution in [3.8, 4) is 66.8 Å². The Morgan fingerprint density at radius 3 is 0.982 bits per heavy atom. The van der Waals surface area contributed by atoms with Crippen molar-refractivity contribution in [1.82, 2.24) is 0 Å². The van der Waals surface area contributed by atoms with Gasteiger partial charge in [-0.2, -0.15) is 0 Å². The second kappa shape index (κ2) is 13.8. The summed E-state index contributed by atoms with van der Waals surface area (Å²) in [6.45, 7) is 0. The summed E-state index contributed by atoms with van der Waals surface area (Å²) in [5, 5.41) is 0. The molecule has 2 aliphatic carbocycles.